The lowest BCUT2D eigenvalue weighted by Gasteiger charge is -2.31. The summed E-state index contributed by atoms with van der Waals surface area (Å²) in [6.07, 6.45) is 3.53. The van der Waals surface area contributed by atoms with E-state index in [-0.39, 0.29) is 29.6 Å². The zero-order valence-electron chi connectivity index (χ0n) is 17.2. The molecule has 3 aromatic rings. The maximum absolute atomic E-state index is 14.5. The predicted molar refractivity (Wildman–Crippen MR) is 108 cm³/mol. The Hall–Kier alpha value is -3.74. The van der Waals surface area contributed by atoms with Gasteiger partial charge in [0.2, 0.25) is 5.88 Å². The van der Waals surface area contributed by atoms with E-state index in [2.05, 4.69) is 15.1 Å². The second-order valence-corrected chi connectivity index (χ2v) is 7.49. The molecule has 2 aromatic heterocycles. The Morgan fingerprint density at radius 3 is 2.74 bits per heavy atom. The zero-order chi connectivity index (χ0) is 22.0. The lowest BCUT2D eigenvalue weighted by atomic mass is 10.1. The van der Waals surface area contributed by atoms with Crippen LogP contribution in [0.1, 0.15) is 32.3 Å². The number of rotatable bonds is 4. The maximum Gasteiger partial charge on any atom is 0.410 e. The smallest absolute Gasteiger partial charge is 0.410 e. The van der Waals surface area contributed by atoms with Crippen molar-refractivity contribution < 1.29 is 18.7 Å². The van der Waals surface area contributed by atoms with Gasteiger partial charge >= 0.3 is 6.09 Å². The Morgan fingerprint density at radius 1 is 1.29 bits per heavy atom. The molecule has 0 N–H and O–H groups in total. The van der Waals surface area contributed by atoms with Crippen molar-refractivity contribution in [2.24, 2.45) is 0 Å². The van der Waals surface area contributed by atoms with Gasteiger partial charge < -0.3 is 14.4 Å². The van der Waals surface area contributed by atoms with Gasteiger partial charge in [-0.25, -0.2) is 23.8 Å². The van der Waals surface area contributed by atoms with Gasteiger partial charge in [0.05, 0.1) is 23.9 Å². The number of carbonyl (C=O) groups excluding carboxylic acids is 1. The second kappa shape index (κ2) is 8.55. The first kappa shape index (κ1) is 20.5. The van der Waals surface area contributed by atoms with Gasteiger partial charge in [0.25, 0.3) is 0 Å². The van der Waals surface area contributed by atoms with Gasteiger partial charge in [-0.3, -0.25) is 0 Å². The summed E-state index contributed by atoms with van der Waals surface area (Å²) in [6, 6.07) is 6.05. The molecule has 31 heavy (non-hydrogen) atoms. The second-order valence-electron chi connectivity index (χ2n) is 7.49. The molecule has 0 bridgehead atoms. The first-order valence-corrected chi connectivity index (χ1v) is 9.97. The van der Waals surface area contributed by atoms with Crippen molar-refractivity contribution in [2.75, 3.05) is 13.1 Å². The van der Waals surface area contributed by atoms with E-state index in [9.17, 15) is 9.18 Å². The summed E-state index contributed by atoms with van der Waals surface area (Å²) in [5.41, 5.74) is 0.794. The Balaban J connectivity index is 1.51. The largest absolute Gasteiger partial charge is 0.474 e. The molecule has 1 aromatic carbocycles. The van der Waals surface area contributed by atoms with Gasteiger partial charge in [-0.05, 0) is 32.0 Å². The average Bonchev–Trinajstić information content (AvgIpc) is 3.18. The summed E-state index contributed by atoms with van der Waals surface area (Å²) >= 11 is 0. The molecule has 1 fully saturated rings. The van der Waals surface area contributed by atoms with Gasteiger partial charge in [0.15, 0.2) is 5.65 Å². The van der Waals surface area contributed by atoms with Gasteiger partial charge in [-0.2, -0.15) is 10.4 Å². The number of nitriles is 1. The highest BCUT2D eigenvalue weighted by molar-refractivity contribution is 5.81. The van der Waals surface area contributed by atoms with Crippen LogP contribution in [0.3, 0.4) is 0 Å². The highest BCUT2D eigenvalue weighted by atomic mass is 19.1. The van der Waals surface area contributed by atoms with E-state index in [0.717, 1.165) is 6.07 Å². The Labute approximate surface area is 178 Å². The number of piperidine rings is 1. The molecule has 1 amide bonds. The van der Waals surface area contributed by atoms with Gasteiger partial charge in [-0.1, -0.05) is 0 Å². The van der Waals surface area contributed by atoms with E-state index in [4.69, 9.17) is 14.7 Å². The number of nitrogens with zero attached hydrogens (tertiary/aromatic N) is 6. The van der Waals surface area contributed by atoms with Crippen molar-refractivity contribution >= 4 is 17.1 Å². The number of likely N-dealkylation sites (tertiary alicyclic amines) is 1. The van der Waals surface area contributed by atoms with E-state index in [1.165, 1.54) is 29.3 Å². The fourth-order valence-electron chi connectivity index (χ4n) is 3.43. The summed E-state index contributed by atoms with van der Waals surface area (Å²) in [6.45, 7) is 4.69. The van der Waals surface area contributed by atoms with Gasteiger partial charge in [-0.15, -0.1) is 0 Å². The van der Waals surface area contributed by atoms with Crippen LogP contribution in [0, 0.1) is 17.1 Å². The molecule has 1 saturated heterocycles. The SMILES string of the molecule is CC(C)OC(=O)N1CCC(Oc2ncnc3c2cnn3-c2ccc(C#N)cc2F)CC1. The third-order valence-electron chi connectivity index (χ3n) is 4.95. The standard InChI is InChI=1S/C21H21FN6O3/c1-13(2)30-21(29)27-7-5-15(6-8-27)31-20-16-11-26-28(19(16)24-12-25-20)18-4-3-14(10-23)9-17(18)22/h3-4,9,11-13,15H,5-8H2,1-2H3. The third kappa shape index (κ3) is 4.26. The number of benzene rings is 1. The van der Waals surface area contributed by atoms with E-state index < -0.39 is 5.82 Å². The fourth-order valence-corrected chi connectivity index (χ4v) is 3.43. The molecular weight excluding hydrogens is 403 g/mol. The van der Waals surface area contributed by atoms with Crippen LogP contribution in [-0.2, 0) is 4.74 Å². The van der Waals surface area contributed by atoms with Crippen LogP contribution < -0.4 is 4.74 Å². The van der Waals surface area contributed by atoms with Crippen LogP contribution >= 0.6 is 0 Å². The monoisotopic (exact) mass is 424 g/mol. The van der Waals surface area contributed by atoms with Crippen LogP contribution in [-0.4, -0.2) is 56.0 Å². The molecule has 0 aliphatic carbocycles. The first-order chi connectivity index (χ1) is 15.0. The number of aromatic nitrogens is 4. The average molecular weight is 424 g/mol. The molecule has 4 rings (SSSR count). The molecule has 0 saturated carbocycles. The highest BCUT2D eigenvalue weighted by Crippen LogP contribution is 2.27. The third-order valence-corrected chi connectivity index (χ3v) is 4.95. The normalized spacial score (nSPS) is 14.6. The molecular formula is C21H21FN6O3. The van der Waals surface area contributed by atoms with Crippen LogP contribution in [0.25, 0.3) is 16.7 Å². The van der Waals surface area contributed by atoms with Crippen LogP contribution in [0.15, 0.2) is 30.7 Å². The van der Waals surface area contributed by atoms with Crippen molar-refractivity contribution in [3.63, 3.8) is 0 Å². The molecule has 10 heteroatoms. The molecule has 0 radical (unpaired) electrons. The maximum atomic E-state index is 14.5. The van der Waals surface area contributed by atoms with E-state index in [0.29, 0.717) is 42.8 Å². The molecule has 1 aliphatic heterocycles. The van der Waals surface area contributed by atoms with Crippen LogP contribution in [0.5, 0.6) is 5.88 Å². The number of halogens is 1. The Bertz CT molecular complexity index is 1150. The summed E-state index contributed by atoms with van der Waals surface area (Å²) in [5, 5.41) is 13.7. The first-order valence-electron chi connectivity index (χ1n) is 9.97. The lowest BCUT2D eigenvalue weighted by Crippen LogP contribution is -2.42. The molecule has 1 aliphatic rings. The number of hydrogen-bond donors (Lipinski definition) is 0. The quantitative estimate of drug-likeness (QED) is 0.633. The van der Waals surface area contributed by atoms with Gasteiger partial charge in [0, 0.05) is 25.9 Å². The number of ether oxygens (including phenoxy) is 2. The topological polar surface area (TPSA) is 106 Å². The van der Waals surface area contributed by atoms with Crippen molar-refractivity contribution in [3.8, 4) is 17.6 Å². The highest BCUT2D eigenvalue weighted by Gasteiger charge is 2.26. The molecule has 3 heterocycles. The number of fused-ring (bicyclic) bond motifs is 1. The minimum atomic E-state index is -0.578. The Morgan fingerprint density at radius 2 is 2.06 bits per heavy atom. The predicted octanol–water partition coefficient (Wildman–Crippen LogP) is 3.21. The van der Waals surface area contributed by atoms with E-state index in [1.54, 1.807) is 4.90 Å². The Kier molecular flexibility index (Phi) is 5.66. The van der Waals surface area contributed by atoms with Crippen molar-refractivity contribution in [1.29, 1.82) is 5.26 Å². The van der Waals surface area contributed by atoms with Crippen molar-refractivity contribution in [3.05, 3.63) is 42.1 Å². The number of amides is 1. The number of carbonyl (C=O) groups is 1. The van der Waals surface area contributed by atoms with Gasteiger partial charge in [0.1, 0.15) is 29.3 Å². The lowest BCUT2D eigenvalue weighted by molar-refractivity contribution is 0.0511. The summed E-state index contributed by atoms with van der Waals surface area (Å²) in [5.74, 6) is -0.223. The van der Waals surface area contributed by atoms with Crippen LogP contribution in [0.2, 0.25) is 0 Å². The summed E-state index contributed by atoms with van der Waals surface area (Å²) in [7, 11) is 0. The van der Waals surface area contributed by atoms with Crippen molar-refractivity contribution in [2.45, 2.75) is 38.9 Å². The van der Waals surface area contributed by atoms with E-state index >= 15 is 0 Å². The van der Waals surface area contributed by atoms with Crippen LogP contribution in [0.4, 0.5) is 9.18 Å². The number of hydrogen-bond acceptors (Lipinski definition) is 7. The van der Waals surface area contributed by atoms with E-state index in [1.807, 2.05) is 19.9 Å². The minimum Gasteiger partial charge on any atom is -0.474 e. The molecule has 0 unspecified atom stereocenters. The minimum absolute atomic E-state index is 0.129. The zero-order valence-corrected chi connectivity index (χ0v) is 17.2. The molecule has 9 nitrogen and oxygen atoms in total. The molecule has 0 spiro atoms. The molecule has 0 atom stereocenters. The fraction of sp³-hybridized carbons (Fsp3) is 0.381. The summed E-state index contributed by atoms with van der Waals surface area (Å²) < 4.78 is 27.1. The molecule has 160 valence electrons. The summed E-state index contributed by atoms with van der Waals surface area (Å²) in [4.78, 5) is 22.2. The van der Waals surface area contributed by atoms with Crippen molar-refractivity contribution in [1.82, 2.24) is 24.6 Å².